The molecule has 0 aliphatic carbocycles. The molecule has 1 unspecified atom stereocenters. The summed E-state index contributed by atoms with van der Waals surface area (Å²) < 4.78 is 5.33. The summed E-state index contributed by atoms with van der Waals surface area (Å²) in [5, 5.41) is 3.24. The van der Waals surface area contributed by atoms with Crippen LogP contribution < -0.4 is 10.1 Å². The number of ether oxygens (including phenoxy) is 1. The maximum Gasteiger partial charge on any atom is 0.239 e. The van der Waals surface area contributed by atoms with Crippen molar-refractivity contribution in [1.29, 1.82) is 0 Å². The van der Waals surface area contributed by atoms with Gasteiger partial charge in [-0.15, -0.1) is 0 Å². The molecule has 19 heavy (non-hydrogen) atoms. The molecule has 0 aliphatic rings. The molecule has 1 rings (SSSR count). The van der Waals surface area contributed by atoms with E-state index < -0.39 is 0 Å². The Morgan fingerprint density at radius 2 is 2.16 bits per heavy atom. The second kappa shape index (κ2) is 7.14. The summed E-state index contributed by atoms with van der Waals surface area (Å²) in [7, 11) is 3.47. The number of benzene rings is 1. The molecule has 0 bridgehead atoms. The molecule has 1 aromatic carbocycles. The molecule has 0 radical (unpaired) electrons. The van der Waals surface area contributed by atoms with Crippen molar-refractivity contribution in [3.8, 4) is 5.75 Å². The van der Waals surface area contributed by atoms with Crippen LogP contribution in [0.5, 0.6) is 5.75 Å². The molecule has 106 valence electrons. The van der Waals surface area contributed by atoms with Crippen LogP contribution in [0.25, 0.3) is 0 Å². The molecule has 4 nitrogen and oxygen atoms in total. The summed E-state index contributed by atoms with van der Waals surface area (Å²) in [4.78, 5) is 13.7. The quantitative estimate of drug-likeness (QED) is 0.854. The van der Waals surface area contributed by atoms with Crippen LogP contribution in [-0.2, 0) is 11.3 Å². The van der Waals surface area contributed by atoms with Crippen molar-refractivity contribution in [2.75, 3.05) is 20.7 Å². The number of amides is 1. The molecular weight excluding hydrogens is 240 g/mol. The molecule has 1 N–H and O–H groups in total. The summed E-state index contributed by atoms with van der Waals surface area (Å²) in [6.45, 7) is 7.24. The average Bonchev–Trinajstić information content (AvgIpc) is 2.43. The Hall–Kier alpha value is -1.55. The summed E-state index contributed by atoms with van der Waals surface area (Å²) in [5.41, 5.74) is 2.25. The third-order valence-electron chi connectivity index (χ3n) is 3.26. The van der Waals surface area contributed by atoms with Crippen LogP contribution in [-0.4, -0.2) is 37.6 Å². The monoisotopic (exact) mass is 264 g/mol. The lowest BCUT2D eigenvalue weighted by molar-refractivity contribution is -0.131. The first-order valence-electron chi connectivity index (χ1n) is 6.61. The first-order chi connectivity index (χ1) is 8.99. The number of carbonyl (C=O) groups is 1. The van der Waals surface area contributed by atoms with Gasteiger partial charge in [-0.3, -0.25) is 4.79 Å². The SMILES string of the molecule is CCN(C)C(=O)C(C)NCc1cc(C)ccc1OC. The molecule has 0 saturated carbocycles. The molecule has 0 aromatic heterocycles. The number of rotatable bonds is 6. The van der Waals surface area contributed by atoms with E-state index in [1.807, 2.05) is 40.0 Å². The Morgan fingerprint density at radius 1 is 1.47 bits per heavy atom. The minimum atomic E-state index is -0.199. The molecule has 4 heteroatoms. The molecule has 0 heterocycles. The van der Waals surface area contributed by atoms with E-state index in [4.69, 9.17) is 4.74 Å². The average molecular weight is 264 g/mol. The van der Waals surface area contributed by atoms with Crippen LogP contribution in [0.3, 0.4) is 0 Å². The molecular formula is C15H24N2O2. The standard InChI is InChI=1S/C15H24N2O2/c1-6-17(4)15(18)12(3)16-10-13-9-11(2)7-8-14(13)19-5/h7-9,12,16H,6,10H2,1-5H3. The van der Waals surface area contributed by atoms with Gasteiger partial charge in [-0.1, -0.05) is 17.7 Å². The highest BCUT2D eigenvalue weighted by atomic mass is 16.5. The van der Waals surface area contributed by atoms with Crippen LogP contribution >= 0.6 is 0 Å². The third kappa shape index (κ3) is 4.24. The number of nitrogens with one attached hydrogen (secondary N) is 1. The highest BCUT2D eigenvalue weighted by molar-refractivity contribution is 5.81. The third-order valence-corrected chi connectivity index (χ3v) is 3.26. The number of methoxy groups -OCH3 is 1. The molecule has 1 amide bonds. The van der Waals surface area contributed by atoms with E-state index >= 15 is 0 Å². The summed E-state index contributed by atoms with van der Waals surface area (Å²) >= 11 is 0. The lowest BCUT2D eigenvalue weighted by atomic mass is 10.1. The zero-order chi connectivity index (χ0) is 14.4. The molecule has 1 aromatic rings. The van der Waals surface area contributed by atoms with Gasteiger partial charge >= 0.3 is 0 Å². The number of hydrogen-bond donors (Lipinski definition) is 1. The van der Waals surface area contributed by atoms with Gasteiger partial charge in [0.2, 0.25) is 5.91 Å². The minimum absolute atomic E-state index is 0.106. The molecule has 0 fully saturated rings. The van der Waals surface area contributed by atoms with Crippen LogP contribution in [0.1, 0.15) is 25.0 Å². The largest absolute Gasteiger partial charge is 0.496 e. The molecule has 0 saturated heterocycles. The van der Waals surface area contributed by atoms with Gasteiger partial charge in [-0.05, 0) is 26.8 Å². The van der Waals surface area contributed by atoms with E-state index in [0.29, 0.717) is 6.54 Å². The highest BCUT2D eigenvalue weighted by Gasteiger charge is 2.16. The zero-order valence-electron chi connectivity index (χ0n) is 12.5. The predicted molar refractivity (Wildman–Crippen MR) is 77.3 cm³/mol. The maximum absolute atomic E-state index is 11.9. The second-order valence-electron chi connectivity index (χ2n) is 4.77. The van der Waals surface area contributed by atoms with Crippen LogP contribution in [0.15, 0.2) is 18.2 Å². The Bertz CT molecular complexity index is 432. The van der Waals surface area contributed by atoms with E-state index in [2.05, 4.69) is 11.4 Å². The van der Waals surface area contributed by atoms with Gasteiger partial charge in [0.25, 0.3) is 0 Å². The minimum Gasteiger partial charge on any atom is -0.496 e. The van der Waals surface area contributed by atoms with E-state index in [1.165, 1.54) is 5.56 Å². The normalized spacial score (nSPS) is 12.1. The molecule has 0 aliphatic heterocycles. The Labute approximate surface area is 115 Å². The number of nitrogens with zero attached hydrogens (tertiary/aromatic N) is 1. The van der Waals surface area contributed by atoms with Gasteiger partial charge in [0, 0.05) is 25.7 Å². The Morgan fingerprint density at radius 3 is 2.74 bits per heavy atom. The van der Waals surface area contributed by atoms with Crippen LogP contribution in [0.4, 0.5) is 0 Å². The highest BCUT2D eigenvalue weighted by Crippen LogP contribution is 2.19. The number of aryl methyl sites for hydroxylation is 1. The van der Waals surface area contributed by atoms with Crippen molar-refractivity contribution in [1.82, 2.24) is 10.2 Å². The van der Waals surface area contributed by atoms with Crippen LogP contribution in [0.2, 0.25) is 0 Å². The fraction of sp³-hybridized carbons (Fsp3) is 0.533. The fourth-order valence-electron chi connectivity index (χ4n) is 1.88. The number of hydrogen-bond acceptors (Lipinski definition) is 3. The van der Waals surface area contributed by atoms with Gasteiger partial charge in [0.1, 0.15) is 5.75 Å². The van der Waals surface area contributed by atoms with E-state index in [-0.39, 0.29) is 11.9 Å². The van der Waals surface area contributed by atoms with Crippen molar-refractivity contribution >= 4 is 5.91 Å². The Kier molecular flexibility index (Phi) is 5.83. The van der Waals surface area contributed by atoms with Gasteiger partial charge < -0.3 is 15.0 Å². The molecule has 1 atom stereocenters. The number of likely N-dealkylation sites (N-methyl/N-ethyl adjacent to an activating group) is 1. The van der Waals surface area contributed by atoms with Crippen molar-refractivity contribution in [3.63, 3.8) is 0 Å². The number of carbonyl (C=O) groups excluding carboxylic acids is 1. The van der Waals surface area contributed by atoms with E-state index in [0.717, 1.165) is 17.9 Å². The second-order valence-corrected chi connectivity index (χ2v) is 4.77. The van der Waals surface area contributed by atoms with Gasteiger partial charge in [-0.25, -0.2) is 0 Å². The first kappa shape index (κ1) is 15.5. The van der Waals surface area contributed by atoms with Crippen LogP contribution in [0, 0.1) is 6.92 Å². The Balaban J connectivity index is 2.66. The zero-order valence-corrected chi connectivity index (χ0v) is 12.5. The van der Waals surface area contributed by atoms with Gasteiger partial charge in [0.15, 0.2) is 0 Å². The predicted octanol–water partition coefficient (Wildman–Crippen LogP) is 1.96. The summed E-state index contributed by atoms with van der Waals surface area (Å²) in [6.07, 6.45) is 0. The van der Waals surface area contributed by atoms with E-state index in [9.17, 15) is 4.79 Å². The van der Waals surface area contributed by atoms with Crippen molar-refractivity contribution in [2.24, 2.45) is 0 Å². The lowest BCUT2D eigenvalue weighted by Crippen LogP contribution is -2.42. The van der Waals surface area contributed by atoms with Gasteiger partial charge in [-0.2, -0.15) is 0 Å². The summed E-state index contributed by atoms with van der Waals surface area (Å²) in [5.74, 6) is 0.954. The fourth-order valence-corrected chi connectivity index (χ4v) is 1.88. The van der Waals surface area contributed by atoms with Crippen molar-refractivity contribution in [3.05, 3.63) is 29.3 Å². The van der Waals surface area contributed by atoms with Crippen molar-refractivity contribution < 1.29 is 9.53 Å². The molecule has 0 spiro atoms. The maximum atomic E-state index is 11.9. The topological polar surface area (TPSA) is 41.6 Å². The van der Waals surface area contributed by atoms with E-state index in [1.54, 1.807) is 12.0 Å². The summed E-state index contributed by atoms with van der Waals surface area (Å²) in [6, 6.07) is 5.85. The lowest BCUT2D eigenvalue weighted by Gasteiger charge is -2.21. The van der Waals surface area contributed by atoms with Gasteiger partial charge in [0.05, 0.1) is 13.2 Å². The smallest absolute Gasteiger partial charge is 0.239 e. The van der Waals surface area contributed by atoms with Crippen molar-refractivity contribution in [2.45, 2.75) is 33.4 Å². The first-order valence-corrected chi connectivity index (χ1v) is 6.61.